The number of pyridine rings is 2. The maximum absolute atomic E-state index is 14.5. The third kappa shape index (κ3) is 5.15. The van der Waals surface area contributed by atoms with Crippen LogP contribution in [0.4, 0.5) is 18.9 Å². The number of ether oxygens (including phenoxy) is 1. The number of carbonyl (C=O) groups excluding carboxylic acids is 1. The van der Waals surface area contributed by atoms with Crippen molar-refractivity contribution in [3.63, 3.8) is 0 Å². The summed E-state index contributed by atoms with van der Waals surface area (Å²) in [6.45, 7) is 1.72. The molecule has 1 N–H and O–H groups in total. The first-order chi connectivity index (χ1) is 22.2. The summed E-state index contributed by atoms with van der Waals surface area (Å²) in [5.74, 6) is 0.0678. The monoisotopic (exact) mass is 628 g/mol. The number of aromatic nitrogens is 6. The quantitative estimate of drug-likeness (QED) is 0.290. The van der Waals surface area contributed by atoms with Gasteiger partial charge >= 0.3 is 6.18 Å². The predicted octanol–water partition coefficient (Wildman–Crippen LogP) is 4.38. The molecule has 11 nitrogen and oxygen atoms in total. The number of anilines is 1. The predicted molar refractivity (Wildman–Crippen MR) is 166 cm³/mol. The Morgan fingerprint density at radius 1 is 1.00 bits per heavy atom. The summed E-state index contributed by atoms with van der Waals surface area (Å²) in [5.41, 5.74) is 0.727. The van der Waals surface area contributed by atoms with Crippen LogP contribution in [-0.4, -0.2) is 68.3 Å². The van der Waals surface area contributed by atoms with Crippen LogP contribution in [0, 0.1) is 0 Å². The SMILES string of the molecule is COc1ccc(-c2ccc3c(c2)c2c(nnn2-c2ccc(N4CCNCC4)c(C(F)(F)F)c2)c(=O)n3CC(=O)n2cccc2)cn1. The van der Waals surface area contributed by atoms with Crippen LogP contribution in [0.2, 0.25) is 0 Å². The van der Waals surface area contributed by atoms with Gasteiger partial charge in [0.1, 0.15) is 12.1 Å². The van der Waals surface area contributed by atoms with Gasteiger partial charge in [0.25, 0.3) is 11.5 Å². The van der Waals surface area contributed by atoms with E-state index in [1.807, 2.05) is 6.07 Å². The maximum atomic E-state index is 14.5. The van der Waals surface area contributed by atoms with Crippen molar-refractivity contribution in [2.24, 2.45) is 0 Å². The standard InChI is InChI=1S/C32H27F3N8O3/c1-46-27-9-5-21(18-37-27)20-4-7-25-23(16-20)30-29(31(45)42(25)19-28(44)41-12-2-3-13-41)38-39-43(30)22-6-8-26(24(17-22)32(33,34)35)40-14-10-36-11-15-40/h2-9,12-13,16-18,36H,10-11,14-15,19H2,1H3. The van der Waals surface area contributed by atoms with E-state index in [4.69, 9.17) is 4.74 Å². The third-order valence-corrected chi connectivity index (χ3v) is 8.11. The number of hydrogen-bond donors (Lipinski definition) is 1. The van der Waals surface area contributed by atoms with Crippen LogP contribution in [-0.2, 0) is 12.7 Å². The molecule has 1 saturated heterocycles. The van der Waals surface area contributed by atoms with Gasteiger partial charge in [0.05, 0.1) is 23.9 Å². The molecule has 0 atom stereocenters. The second-order valence-corrected chi connectivity index (χ2v) is 10.8. The highest BCUT2D eigenvalue weighted by Crippen LogP contribution is 2.39. The summed E-state index contributed by atoms with van der Waals surface area (Å²) in [4.78, 5) is 33.0. The zero-order valence-electron chi connectivity index (χ0n) is 24.5. The molecule has 7 rings (SSSR count). The molecule has 0 saturated carbocycles. The van der Waals surface area contributed by atoms with Gasteiger partial charge in [-0.3, -0.25) is 18.7 Å². The molecule has 0 amide bonds. The molecule has 1 aliphatic rings. The Morgan fingerprint density at radius 3 is 2.46 bits per heavy atom. The molecule has 0 spiro atoms. The van der Waals surface area contributed by atoms with Gasteiger partial charge in [-0.2, -0.15) is 13.2 Å². The Bertz CT molecular complexity index is 2130. The normalized spacial score (nSPS) is 13.9. The molecular weight excluding hydrogens is 601 g/mol. The van der Waals surface area contributed by atoms with E-state index in [2.05, 4.69) is 20.6 Å². The largest absolute Gasteiger partial charge is 0.481 e. The third-order valence-electron chi connectivity index (χ3n) is 8.11. The highest BCUT2D eigenvalue weighted by Gasteiger charge is 2.36. The van der Waals surface area contributed by atoms with Crippen LogP contribution in [0.5, 0.6) is 5.88 Å². The number of hydrogen-bond acceptors (Lipinski definition) is 8. The lowest BCUT2D eigenvalue weighted by molar-refractivity contribution is -0.137. The molecule has 46 heavy (non-hydrogen) atoms. The van der Waals surface area contributed by atoms with Crippen molar-refractivity contribution in [3.05, 3.63) is 95.2 Å². The van der Waals surface area contributed by atoms with Gasteiger partial charge in [-0.1, -0.05) is 11.3 Å². The van der Waals surface area contributed by atoms with E-state index in [0.717, 1.165) is 11.6 Å². The molecule has 5 heterocycles. The summed E-state index contributed by atoms with van der Waals surface area (Å²) in [5, 5.41) is 11.9. The Hall–Kier alpha value is -5.50. The molecule has 6 aromatic rings. The molecular formula is C32H27F3N8O3. The molecule has 234 valence electrons. The maximum Gasteiger partial charge on any atom is 0.418 e. The number of carbonyl (C=O) groups is 1. The number of benzene rings is 2. The summed E-state index contributed by atoms with van der Waals surface area (Å²) in [6, 6.07) is 16.2. The lowest BCUT2D eigenvalue weighted by Crippen LogP contribution is -2.44. The number of rotatable bonds is 6. The van der Waals surface area contributed by atoms with Crippen molar-refractivity contribution in [1.82, 2.24) is 34.4 Å². The second-order valence-electron chi connectivity index (χ2n) is 10.8. The zero-order valence-corrected chi connectivity index (χ0v) is 24.5. The number of fused-ring (bicyclic) bond motifs is 3. The van der Waals surface area contributed by atoms with Crippen molar-refractivity contribution >= 4 is 33.5 Å². The van der Waals surface area contributed by atoms with E-state index in [9.17, 15) is 22.8 Å². The molecule has 1 aliphatic heterocycles. The topological polar surface area (TPSA) is 112 Å². The Kier molecular flexibility index (Phi) is 7.28. The summed E-state index contributed by atoms with van der Waals surface area (Å²) in [7, 11) is 1.51. The second kappa shape index (κ2) is 11.5. The van der Waals surface area contributed by atoms with E-state index in [0.29, 0.717) is 48.5 Å². The highest BCUT2D eigenvalue weighted by atomic mass is 19.4. The first-order valence-electron chi connectivity index (χ1n) is 14.5. The van der Waals surface area contributed by atoms with E-state index < -0.39 is 17.3 Å². The Morgan fingerprint density at radius 2 is 1.76 bits per heavy atom. The van der Waals surface area contributed by atoms with E-state index in [1.165, 1.54) is 27.0 Å². The molecule has 14 heteroatoms. The molecule has 4 aromatic heterocycles. The van der Waals surface area contributed by atoms with Crippen LogP contribution in [0.1, 0.15) is 10.4 Å². The number of piperazine rings is 1. The molecule has 0 unspecified atom stereocenters. The van der Waals surface area contributed by atoms with Crippen molar-refractivity contribution in [2.45, 2.75) is 12.7 Å². The fourth-order valence-electron chi connectivity index (χ4n) is 5.84. The Balaban J connectivity index is 1.45. The average molecular weight is 629 g/mol. The number of nitrogens with zero attached hydrogens (tertiary/aromatic N) is 7. The van der Waals surface area contributed by atoms with Gasteiger partial charge in [0.15, 0.2) is 5.52 Å². The highest BCUT2D eigenvalue weighted by molar-refractivity contribution is 6.04. The van der Waals surface area contributed by atoms with E-state index in [-0.39, 0.29) is 34.9 Å². The van der Waals surface area contributed by atoms with Crippen molar-refractivity contribution in [3.8, 4) is 22.7 Å². The fraction of sp³-hybridized carbons (Fsp3) is 0.219. The lowest BCUT2D eigenvalue weighted by Gasteiger charge is -2.31. The van der Waals surface area contributed by atoms with E-state index in [1.54, 1.807) is 66.0 Å². The number of alkyl halides is 3. The zero-order chi connectivity index (χ0) is 32.0. The average Bonchev–Trinajstić information content (AvgIpc) is 3.78. The lowest BCUT2D eigenvalue weighted by atomic mass is 10.0. The molecule has 0 bridgehead atoms. The first kappa shape index (κ1) is 29.2. The van der Waals surface area contributed by atoms with Gasteiger partial charge in [-0.25, -0.2) is 9.67 Å². The molecule has 2 aromatic carbocycles. The fourth-order valence-corrected chi connectivity index (χ4v) is 5.84. The summed E-state index contributed by atoms with van der Waals surface area (Å²) >= 11 is 0. The van der Waals surface area contributed by atoms with Crippen LogP contribution in [0.25, 0.3) is 38.8 Å². The number of nitrogens with one attached hydrogen (secondary N) is 1. The molecule has 1 fully saturated rings. The van der Waals surface area contributed by atoms with Crippen LogP contribution >= 0.6 is 0 Å². The smallest absolute Gasteiger partial charge is 0.418 e. The number of halogens is 3. The van der Waals surface area contributed by atoms with Crippen LogP contribution < -0.4 is 20.5 Å². The summed E-state index contributed by atoms with van der Waals surface area (Å²) in [6.07, 6.45) is 0.153. The van der Waals surface area contributed by atoms with Crippen LogP contribution in [0.15, 0.2) is 84.0 Å². The van der Waals surface area contributed by atoms with Gasteiger partial charge in [-0.05, 0) is 54.1 Å². The minimum Gasteiger partial charge on any atom is -0.481 e. The van der Waals surface area contributed by atoms with Gasteiger partial charge in [-0.15, -0.1) is 5.10 Å². The van der Waals surface area contributed by atoms with E-state index >= 15 is 0 Å². The first-order valence-corrected chi connectivity index (χ1v) is 14.5. The van der Waals surface area contributed by atoms with Crippen molar-refractivity contribution in [2.75, 3.05) is 38.2 Å². The van der Waals surface area contributed by atoms with Crippen molar-refractivity contribution < 1.29 is 22.7 Å². The number of methoxy groups -OCH3 is 1. The molecule has 0 aliphatic carbocycles. The van der Waals surface area contributed by atoms with Gasteiger partial charge < -0.3 is 15.0 Å². The summed E-state index contributed by atoms with van der Waals surface area (Å²) < 4.78 is 52.5. The van der Waals surface area contributed by atoms with Gasteiger partial charge in [0, 0.05) is 67.5 Å². The molecule has 0 radical (unpaired) electrons. The van der Waals surface area contributed by atoms with Crippen LogP contribution in [0.3, 0.4) is 0 Å². The van der Waals surface area contributed by atoms with Gasteiger partial charge in [0.2, 0.25) is 5.88 Å². The minimum atomic E-state index is -4.64. The minimum absolute atomic E-state index is 0.0761. The Labute approximate surface area is 259 Å². The van der Waals surface area contributed by atoms with Crippen molar-refractivity contribution in [1.29, 1.82) is 0 Å².